The highest BCUT2D eigenvalue weighted by molar-refractivity contribution is 5.81. The molecule has 0 aliphatic heterocycles. The number of benzene rings is 1. The second-order valence-corrected chi connectivity index (χ2v) is 3.45. The Labute approximate surface area is 86.0 Å². The van der Waals surface area contributed by atoms with Crippen LogP contribution in [0.5, 0.6) is 0 Å². The lowest BCUT2D eigenvalue weighted by atomic mass is 10.1. The first-order valence-corrected chi connectivity index (χ1v) is 4.81. The molecule has 4 heteroatoms. The van der Waals surface area contributed by atoms with Crippen LogP contribution in [0.25, 0.3) is 10.9 Å². The average Bonchev–Trinajstić information content (AvgIpc) is 2.23. The molecule has 0 radical (unpaired) electrons. The lowest BCUT2D eigenvalue weighted by molar-refractivity contribution is 0.637. The summed E-state index contributed by atoms with van der Waals surface area (Å²) in [6.07, 6.45) is 0.626. The van der Waals surface area contributed by atoms with E-state index in [4.69, 9.17) is 0 Å². The molecule has 2 aromatic rings. The van der Waals surface area contributed by atoms with Crippen LogP contribution in [0.3, 0.4) is 0 Å². The maximum Gasteiger partial charge on any atom is 0.261 e. The van der Waals surface area contributed by atoms with E-state index >= 15 is 0 Å². The van der Waals surface area contributed by atoms with Crippen LogP contribution in [0.2, 0.25) is 0 Å². The second kappa shape index (κ2) is 3.46. The van der Waals surface area contributed by atoms with E-state index in [9.17, 15) is 9.18 Å². The first-order chi connectivity index (χ1) is 7.13. The van der Waals surface area contributed by atoms with Crippen molar-refractivity contribution in [3.05, 3.63) is 39.7 Å². The standard InChI is InChI=1S/C11H11FN2O/c1-3-8-13-10-6(2)4-5-7(12)9(10)11(15)14-8/h4-5H,3H2,1-2H3,(H,13,14,15). The number of hydrogen-bond acceptors (Lipinski definition) is 2. The highest BCUT2D eigenvalue weighted by Crippen LogP contribution is 2.15. The Bertz CT molecular complexity index is 575. The van der Waals surface area contributed by atoms with Crippen molar-refractivity contribution in [1.29, 1.82) is 0 Å². The Hall–Kier alpha value is -1.71. The van der Waals surface area contributed by atoms with Crippen LogP contribution in [-0.4, -0.2) is 9.97 Å². The largest absolute Gasteiger partial charge is 0.310 e. The van der Waals surface area contributed by atoms with Crippen LogP contribution in [0, 0.1) is 12.7 Å². The van der Waals surface area contributed by atoms with Crippen molar-refractivity contribution >= 4 is 10.9 Å². The Morgan fingerprint density at radius 3 is 2.87 bits per heavy atom. The summed E-state index contributed by atoms with van der Waals surface area (Å²) in [5, 5.41) is 0.0483. The van der Waals surface area contributed by atoms with Gasteiger partial charge in [0.25, 0.3) is 5.56 Å². The predicted molar refractivity (Wildman–Crippen MR) is 56.4 cm³/mol. The van der Waals surface area contributed by atoms with Crippen LogP contribution in [0.15, 0.2) is 16.9 Å². The van der Waals surface area contributed by atoms with Gasteiger partial charge >= 0.3 is 0 Å². The molecule has 0 atom stereocenters. The van der Waals surface area contributed by atoms with Crippen molar-refractivity contribution < 1.29 is 4.39 Å². The van der Waals surface area contributed by atoms with E-state index in [1.807, 2.05) is 13.8 Å². The average molecular weight is 206 g/mol. The van der Waals surface area contributed by atoms with Crippen LogP contribution in [0.4, 0.5) is 4.39 Å². The molecule has 78 valence electrons. The van der Waals surface area contributed by atoms with Gasteiger partial charge in [0.2, 0.25) is 0 Å². The van der Waals surface area contributed by atoms with Gasteiger partial charge in [-0.05, 0) is 18.6 Å². The molecule has 15 heavy (non-hydrogen) atoms. The number of aryl methyl sites for hydroxylation is 2. The fourth-order valence-electron chi connectivity index (χ4n) is 1.55. The number of aromatic nitrogens is 2. The maximum absolute atomic E-state index is 13.4. The van der Waals surface area contributed by atoms with Gasteiger partial charge in [-0.2, -0.15) is 0 Å². The highest BCUT2D eigenvalue weighted by Gasteiger charge is 2.09. The molecular weight excluding hydrogens is 195 g/mol. The minimum Gasteiger partial charge on any atom is -0.310 e. The molecule has 0 unspecified atom stereocenters. The Balaban J connectivity index is 2.97. The van der Waals surface area contributed by atoms with E-state index in [2.05, 4.69) is 9.97 Å². The number of nitrogens with zero attached hydrogens (tertiary/aromatic N) is 1. The van der Waals surface area contributed by atoms with Gasteiger partial charge in [0.1, 0.15) is 17.0 Å². The van der Waals surface area contributed by atoms with Gasteiger partial charge in [-0.25, -0.2) is 9.37 Å². The van der Waals surface area contributed by atoms with E-state index in [0.717, 1.165) is 5.56 Å². The molecule has 1 N–H and O–H groups in total. The molecule has 3 nitrogen and oxygen atoms in total. The van der Waals surface area contributed by atoms with Crippen molar-refractivity contribution in [3.63, 3.8) is 0 Å². The van der Waals surface area contributed by atoms with Crippen molar-refractivity contribution in [2.75, 3.05) is 0 Å². The predicted octanol–water partition coefficient (Wildman–Crippen LogP) is 1.93. The van der Waals surface area contributed by atoms with E-state index < -0.39 is 11.4 Å². The Morgan fingerprint density at radius 1 is 1.47 bits per heavy atom. The van der Waals surface area contributed by atoms with Crippen molar-refractivity contribution in [3.8, 4) is 0 Å². The molecule has 1 heterocycles. The summed E-state index contributed by atoms with van der Waals surface area (Å²) < 4.78 is 13.4. The van der Waals surface area contributed by atoms with Crippen LogP contribution in [-0.2, 0) is 6.42 Å². The molecule has 0 bridgehead atoms. The minimum absolute atomic E-state index is 0.0483. The van der Waals surface area contributed by atoms with Gasteiger partial charge < -0.3 is 4.98 Å². The summed E-state index contributed by atoms with van der Waals surface area (Å²) >= 11 is 0. The number of nitrogens with one attached hydrogen (secondary N) is 1. The summed E-state index contributed by atoms with van der Waals surface area (Å²) in [4.78, 5) is 18.4. The van der Waals surface area contributed by atoms with E-state index in [0.29, 0.717) is 17.8 Å². The lowest BCUT2D eigenvalue weighted by Gasteiger charge is -2.03. The van der Waals surface area contributed by atoms with Crippen LogP contribution in [0.1, 0.15) is 18.3 Å². The number of halogens is 1. The molecule has 0 fully saturated rings. The van der Waals surface area contributed by atoms with Gasteiger partial charge in [-0.3, -0.25) is 4.79 Å². The summed E-state index contributed by atoms with van der Waals surface area (Å²) in [5.41, 5.74) is 0.862. The normalized spacial score (nSPS) is 10.9. The number of aromatic amines is 1. The Kier molecular flexibility index (Phi) is 2.26. The number of rotatable bonds is 1. The van der Waals surface area contributed by atoms with E-state index in [1.54, 1.807) is 6.07 Å². The van der Waals surface area contributed by atoms with E-state index in [-0.39, 0.29) is 5.39 Å². The Morgan fingerprint density at radius 2 is 2.20 bits per heavy atom. The van der Waals surface area contributed by atoms with Gasteiger partial charge in [0.05, 0.1) is 5.52 Å². The first kappa shape index (κ1) is 9.83. The van der Waals surface area contributed by atoms with Crippen molar-refractivity contribution in [2.45, 2.75) is 20.3 Å². The SMILES string of the molecule is CCc1nc2c(C)ccc(F)c2c(=O)[nH]1. The summed E-state index contributed by atoms with van der Waals surface area (Å²) in [6, 6.07) is 2.92. The van der Waals surface area contributed by atoms with Crippen molar-refractivity contribution in [1.82, 2.24) is 9.97 Å². The van der Waals surface area contributed by atoms with Gasteiger partial charge in [0, 0.05) is 6.42 Å². The minimum atomic E-state index is -0.521. The fourth-order valence-corrected chi connectivity index (χ4v) is 1.55. The lowest BCUT2D eigenvalue weighted by Crippen LogP contribution is -2.13. The van der Waals surface area contributed by atoms with Gasteiger partial charge in [-0.15, -0.1) is 0 Å². The smallest absolute Gasteiger partial charge is 0.261 e. The number of H-pyrrole nitrogens is 1. The number of hydrogen-bond donors (Lipinski definition) is 1. The zero-order valence-corrected chi connectivity index (χ0v) is 8.60. The number of fused-ring (bicyclic) bond motifs is 1. The fraction of sp³-hybridized carbons (Fsp3) is 0.273. The highest BCUT2D eigenvalue weighted by atomic mass is 19.1. The van der Waals surface area contributed by atoms with Crippen LogP contribution >= 0.6 is 0 Å². The molecule has 0 saturated heterocycles. The summed E-state index contributed by atoms with van der Waals surface area (Å²) in [7, 11) is 0. The first-order valence-electron chi connectivity index (χ1n) is 4.81. The van der Waals surface area contributed by atoms with Gasteiger partial charge in [-0.1, -0.05) is 13.0 Å². The third kappa shape index (κ3) is 1.52. The molecule has 0 amide bonds. The van der Waals surface area contributed by atoms with E-state index in [1.165, 1.54) is 6.07 Å². The molecule has 2 rings (SSSR count). The third-order valence-corrected chi connectivity index (χ3v) is 2.40. The monoisotopic (exact) mass is 206 g/mol. The maximum atomic E-state index is 13.4. The molecule has 0 aliphatic rings. The molecule has 0 saturated carbocycles. The molecule has 1 aromatic carbocycles. The van der Waals surface area contributed by atoms with Gasteiger partial charge in [0.15, 0.2) is 0 Å². The van der Waals surface area contributed by atoms with Crippen molar-refractivity contribution in [2.24, 2.45) is 0 Å². The zero-order chi connectivity index (χ0) is 11.0. The van der Waals surface area contributed by atoms with Crippen LogP contribution < -0.4 is 5.56 Å². The molecular formula is C11H11FN2O. The quantitative estimate of drug-likeness (QED) is 0.774. The zero-order valence-electron chi connectivity index (χ0n) is 8.60. The summed E-state index contributed by atoms with van der Waals surface area (Å²) in [6.45, 7) is 3.70. The topological polar surface area (TPSA) is 45.8 Å². The molecule has 0 spiro atoms. The summed E-state index contributed by atoms with van der Waals surface area (Å²) in [5.74, 6) is 0.0632. The molecule has 1 aromatic heterocycles. The third-order valence-electron chi connectivity index (χ3n) is 2.40. The second-order valence-electron chi connectivity index (χ2n) is 3.45. The molecule has 0 aliphatic carbocycles.